The zero-order valence-electron chi connectivity index (χ0n) is 19.3. The van der Waals surface area contributed by atoms with Crippen LogP contribution in [-0.4, -0.2) is 54.1 Å². The van der Waals surface area contributed by atoms with Gasteiger partial charge in [0, 0.05) is 40.3 Å². The predicted octanol–water partition coefficient (Wildman–Crippen LogP) is 5.38. The van der Waals surface area contributed by atoms with Crippen LogP contribution in [0.1, 0.15) is 41.1 Å². The highest BCUT2D eigenvalue weighted by Crippen LogP contribution is 2.34. The van der Waals surface area contributed by atoms with E-state index in [-0.39, 0.29) is 5.91 Å². The third-order valence-corrected chi connectivity index (χ3v) is 7.07. The molecule has 1 fully saturated rings. The number of piperidine rings is 1. The van der Waals surface area contributed by atoms with Crippen LogP contribution in [0.3, 0.4) is 0 Å². The van der Waals surface area contributed by atoms with E-state index < -0.39 is 0 Å². The number of nitrogens with one attached hydrogen (secondary N) is 2. The molecule has 176 valence electrons. The summed E-state index contributed by atoms with van der Waals surface area (Å²) in [5.74, 6) is 1.22. The lowest BCUT2D eigenvalue weighted by molar-refractivity contribution is 0.0952. The molecule has 4 aromatic rings. The molecule has 2 aromatic heterocycles. The summed E-state index contributed by atoms with van der Waals surface area (Å²) in [5, 5.41) is 5.93. The first kappa shape index (κ1) is 22.7. The number of likely N-dealkylation sites (tertiary alicyclic amines) is 1. The van der Waals surface area contributed by atoms with Crippen molar-refractivity contribution in [1.29, 1.82) is 0 Å². The van der Waals surface area contributed by atoms with Crippen molar-refractivity contribution in [3.8, 4) is 5.75 Å². The van der Waals surface area contributed by atoms with Gasteiger partial charge in [0.25, 0.3) is 5.91 Å². The maximum Gasteiger partial charge on any atom is 0.252 e. The van der Waals surface area contributed by atoms with Crippen molar-refractivity contribution in [1.82, 2.24) is 20.2 Å². The molecule has 2 aromatic carbocycles. The van der Waals surface area contributed by atoms with Gasteiger partial charge in [-0.15, -0.1) is 0 Å². The van der Waals surface area contributed by atoms with Crippen molar-refractivity contribution < 1.29 is 9.53 Å². The molecule has 0 saturated carbocycles. The number of pyridine rings is 1. The van der Waals surface area contributed by atoms with E-state index in [4.69, 9.17) is 16.3 Å². The number of hydrogen-bond donors (Lipinski definition) is 2. The molecule has 34 heavy (non-hydrogen) atoms. The molecule has 0 aliphatic carbocycles. The number of H-pyrrole nitrogens is 1. The van der Waals surface area contributed by atoms with Gasteiger partial charge in [-0.05, 0) is 86.8 Å². The summed E-state index contributed by atoms with van der Waals surface area (Å²) >= 11 is 6.12. The van der Waals surface area contributed by atoms with Gasteiger partial charge in [-0.3, -0.25) is 9.78 Å². The Morgan fingerprint density at radius 1 is 1.18 bits per heavy atom. The second-order valence-electron chi connectivity index (χ2n) is 8.90. The van der Waals surface area contributed by atoms with Crippen LogP contribution in [-0.2, 0) is 0 Å². The minimum Gasteiger partial charge on any atom is -0.497 e. The fourth-order valence-electron chi connectivity index (χ4n) is 4.98. The van der Waals surface area contributed by atoms with E-state index in [2.05, 4.69) is 32.4 Å². The first-order valence-electron chi connectivity index (χ1n) is 11.8. The zero-order valence-corrected chi connectivity index (χ0v) is 20.1. The third kappa shape index (κ3) is 4.74. The highest BCUT2D eigenvalue weighted by atomic mass is 35.5. The summed E-state index contributed by atoms with van der Waals surface area (Å²) in [6, 6.07) is 13.4. The second kappa shape index (κ2) is 10.0. The average molecular weight is 477 g/mol. The van der Waals surface area contributed by atoms with Crippen molar-refractivity contribution in [3.63, 3.8) is 0 Å². The number of carbonyl (C=O) groups excluding carboxylic acids is 1. The molecule has 7 heteroatoms. The van der Waals surface area contributed by atoms with Crippen LogP contribution < -0.4 is 10.1 Å². The van der Waals surface area contributed by atoms with E-state index in [9.17, 15) is 4.79 Å². The van der Waals surface area contributed by atoms with Gasteiger partial charge in [0.05, 0.1) is 18.2 Å². The Hall–Kier alpha value is -3.09. The number of rotatable bonds is 7. The summed E-state index contributed by atoms with van der Waals surface area (Å²) in [7, 11) is 1.62. The summed E-state index contributed by atoms with van der Waals surface area (Å²) in [6.07, 6.45) is 7.04. The first-order valence-corrected chi connectivity index (χ1v) is 12.2. The largest absolute Gasteiger partial charge is 0.497 e. The van der Waals surface area contributed by atoms with E-state index in [0.717, 1.165) is 66.1 Å². The lowest BCUT2D eigenvalue weighted by Gasteiger charge is -2.32. The van der Waals surface area contributed by atoms with Gasteiger partial charge in [0.2, 0.25) is 0 Å². The molecule has 0 bridgehead atoms. The van der Waals surface area contributed by atoms with Crippen LogP contribution in [0.2, 0.25) is 5.02 Å². The number of nitrogens with zero attached hydrogens (tertiary/aromatic N) is 2. The molecule has 1 amide bonds. The molecule has 1 aliphatic rings. The SMILES string of the molecule is COc1ccc2nccc(C(=O)NCCCN3CCC(c4c[nH]c5cc(Cl)ccc45)CC3)c2c1. The normalized spacial score (nSPS) is 15.1. The van der Waals surface area contributed by atoms with Gasteiger partial charge < -0.3 is 19.9 Å². The number of methoxy groups -OCH3 is 1. The smallest absolute Gasteiger partial charge is 0.252 e. The Bertz CT molecular complexity index is 1310. The highest BCUT2D eigenvalue weighted by molar-refractivity contribution is 6.31. The van der Waals surface area contributed by atoms with Crippen LogP contribution in [0.25, 0.3) is 21.8 Å². The van der Waals surface area contributed by atoms with Crippen molar-refractivity contribution in [2.75, 3.05) is 33.3 Å². The highest BCUT2D eigenvalue weighted by Gasteiger charge is 2.22. The molecule has 1 aliphatic heterocycles. The van der Waals surface area contributed by atoms with Gasteiger partial charge in [0.1, 0.15) is 5.75 Å². The molecule has 1 saturated heterocycles. The predicted molar refractivity (Wildman–Crippen MR) is 137 cm³/mol. The van der Waals surface area contributed by atoms with Gasteiger partial charge in [0.15, 0.2) is 0 Å². The lowest BCUT2D eigenvalue weighted by Crippen LogP contribution is -2.35. The van der Waals surface area contributed by atoms with Gasteiger partial charge >= 0.3 is 0 Å². The van der Waals surface area contributed by atoms with Crippen LogP contribution >= 0.6 is 11.6 Å². The van der Waals surface area contributed by atoms with Crippen molar-refractivity contribution in [2.45, 2.75) is 25.2 Å². The van der Waals surface area contributed by atoms with E-state index in [1.165, 1.54) is 10.9 Å². The Morgan fingerprint density at radius 2 is 2.03 bits per heavy atom. The number of benzene rings is 2. The number of amides is 1. The molecule has 2 N–H and O–H groups in total. The molecule has 0 spiro atoms. The molecular formula is C27H29ClN4O2. The van der Waals surface area contributed by atoms with E-state index in [1.54, 1.807) is 19.4 Å². The number of ether oxygens (including phenoxy) is 1. The fraction of sp³-hybridized carbons (Fsp3) is 0.333. The van der Waals surface area contributed by atoms with Crippen molar-refractivity contribution in [3.05, 3.63) is 71.0 Å². The van der Waals surface area contributed by atoms with Gasteiger partial charge in [-0.2, -0.15) is 0 Å². The van der Waals surface area contributed by atoms with Gasteiger partial charge in [-0.25, -0.2) is 0 Å². The monoisotopic (exact) mass is 476 g/mol. The summed E-state index contributed by atoms with van der Waals surface area (Å²) in [5.41, 5.74) is 3.93. The second-order valence-corrected chi connectivity index (χ2v) is 9.34. The van der Waals surface area contributed by atoms with E-state index in [0.29, 0.717) is 18.0 Å². The zero-order chi connectivity index (χ0) is 23.5. The number of fused-ring (bicyclic) bond motifs is 2. The Balaban J connectivity index is 1.11. The Kier molecular flexibility index (Phi) is 6.70. The number of halogens is 1. The van der Waals surface area contributed by atoms with Gasteiger partial charge in [-0.1, -0.05) is 17.7 Å². The Morgan fingerprint density at radius 3 is 2.85 bits per heavy atom. The number of aromatic amines is 1. The fourth-order valence-corrected chi connectivity index (χ4v) is 5.15. The van der Waals surface area contributed by atoms with E-state index in [1.807, 2.05) is 30.3 Å². The lowest BCUT2D eigenvalue weighted by atomic mass is 9.89. The first-order chi connectivity index (χ1) is 16.6. The molecule has 0 radical (unpaired) electrons. The van der Waals surface area contributed by atoms with Crippen LogP contribution in [0.15, 0.2) is 54.9 Å². The number of aromatic nitrogens is 2. The minimum atomic E-state index is -0.0706. The quantitative estimate of drug-likeness (QED) is 0.351. The molecule has 0 unspecified atom stereocenters. The van der Waals surface area contributed by atoms with Crippen molar-refractivity contribution in [2.24, 2.45) is 0 Å². The van der Waals surface area contributed by atoms with Crippen LogP contribution in [0.4, 0.5) is 0 Å². The summed E-state index contributed by atoms with van der Waals surface area (Å²) in [6.45, 7) is 3.79. The maximum absolute atomic E-state index is 12.8. The molecule has 0 atom stereocenters. The average Bonchev–Trinajstić information content (AvgIpc) is 3.29. The Labute approximate surface area is 204 Å². The summed E-state index contributed by atoms with van der Waals surface area (Å²) < 4.78 is 5.31. The van der Waals surface area contributed by atoms with Crippen LogP contribution in [0.5, 0.6) is 5.75 Å². The van der Waals surface area contributed by atoms with E-state index >= 15 is 0 Å². The standard InChI is InChI=1S/C27H29ClN4O2/c1-34-20-4-6-25-23(16-20)22(7-11-29-25)27(33)30-10-2-12-32-13-8-18(9-14-32)24-17-31-26-15-19(28)3-5-21(24)26/h3-7,11,15-18,31H,2,8-10,12-14H2,1H3,(H,30,33). The third-order valence-electron chi connectivity index (χ3n) is 6.83. The number of hydrogen-bond acceptors (Lipinski definition) is 4. The summed E-state index contributed by atoms with van der Waals surface area (Å²) in [4.78, 5) is 23.0. The molecule has 5 rings (SSSR count). The number of carbonyl (C=O) groups is 1. The molecule has 3 heterocycles. The molecule has 6 nitrogen and oxygen atoms in total. The maximum atomic E-state index is 12.8. The topological polar surface area (TPSA) is 70.2 Å². The minimum absolute atomic E-state index is 0.0706. The van der Waals surface area contributed by atoms with Crippen molar-refractivity contribution >= 4 is 39.3 Å². The van der Waals surface area contributed by atoms with Crippen LogP contribution in [0, 0.1) is 0 Å². The molecular weight excluding hydrogens is 448 g/mol.